The lowest BCUT2D eigenvalue weighted by Crippen LogP contribution is -2.80. The van der Waals surface area contributed by atoms with E-state index >= 15 is 0 Å². The first-order valence-corrected chi connectivity index (χ1v) is 13.5. The predicted octanol–water partition coefficient (Wildman–Crippen LogP) is 4.21. The lowest BCUT2D eigenvalue weighted by molar-refractivity contribution is -0.152. The second kappa shape index (κ2) is 9.47. The molecule has 1 fully saturated rings. The van der Waals surface area contributed by atoms with Crippen molar-refractivity contribution in [3.63, 3.8) is 0 Å². The van der Waals surface area contributed by atoms with Gasteiger partial charge in [-0.05, 0) is 34.1 Å². The second-order valence-electron chi connectivity index (χ2n) is 8.35. The molecule has 0 amide bonds. The second-order valence-corrected chi connectivity index (χ2v) is 12.0. The van der Waals surface area contributed by atoms with Crippen LogP contribution in [0.25, 0.3) is 0 Å². The fourth-order valence-corrected chi connectivity index (χ4v) is 10.0. The number of hydrogen-bond acceptors (Lipinski definition) is 3. The Labute approximate surface area is 196 Å². The Kier molecular flexibility index (Phi) is 6.09. The van der Waals surface area contributed by atoms with Crippen LogP contribution in [-0.4, -0.2) is 20.4 Å². The van der Waals surface area contributed by atoms with Crippen LogP contribution in [0.15, 0.2) is 121 Å². The molecular formula is C29H27NO2Si. The lowest BCUT2D eigenvalue weighted by Gasteiger charge is -2.49. The monoisotopic (exact) mass is 449 g/mol. The minimum Gasteiger partial charge on any atom is -0.442 e. The van der Waals surface area contributed by atoms with Gasteiger partial charge in [0, 0.05) is 18.5 Å². The average molecular weight is 450 g/mol. The van der Waals surface area contributed by atoms with Gasteiger partial charge in [-0.1, -0.05) is 109 Å². The van der Waals surface area contributed by atoms with Gasteiger partial charge in [0.1, 0.15) is 0 Å². The molecule has 4 aromatic rings. The Morgan fingerprint density at radius 3 is 1.48 bits per heavy atom. The summed E-state index contributed by atoms with van der Waals surface area (Å²) in [7, 11) is -2.85. The third kappa shape index (κ3) is 3.98. The number of cyclic esters (lactones) is 1. The Morgan fingerprint density at radius 1 is 0.636 bits per heavy atom. The summed E-state index contributed by atoms with van der Waals surface area (Å²) in [5, 5.41) is 3.77. The van der Waals surface area contributed by atoms with E-state index in [1.807, 2.05) is 6.07 Å². The van der Waals surface area contributed by atoms with Crippen LogP contribution < -0.4 is 20.1 Å². The van der Waals surface area contributed by atoms with E-state index in [1.54, 1.807) is 0 Å². The zero-order chi connectivity index (χ0) is 22.5. The Hall–Kier alpha value is -3.63. The summed E-state index contributed by atoms with van der Waals surface area (Å²) >= 11 is 0. The number of carbonyl (C=O) groups is 1. The van der Waals surface area contributed by atoms with Crippen LogP contribution in [0.4, 0.5) is 5.69 Å². The fourth-order valence-electron chi connectivity index (χ4n) is 4.99. The summed E-state index contributed by atoms with van der Waals surface area (Å²) < 4.78 is 8.54. The summed E-state index contributed by atoms with van der Waals surface area (Å²) in [5.74, 6) is -0.121. The molecule has 1 aliphatic rings. The molecule has 1 unspecified atom stereocenters. The van der Waals surface area contributed by atoms with Gasteiger partial charge < -0.3 is 9.30 Å². The van der Waals surface area contributed by atoms with Gasteiger partial charge in [-0.25, -0.2) is 0 Å². The van der Waals surface area contributed by atoms with Crippen molar-refractivity contribution in [3.8, 4) is 0 Å². The van der Waals surface area contributed by atoms with Gasteiger partial charge >= 0.3 is 5.97 Å². The largest absolute Gasteiger partial charge is 0.442 e. The molecule has 0 N–H and O–H groups in total. The van der Waals surface area contributed by atoms with Crippen LogP contribution >= 0.6 is 0 Å². The van der Waals surface area contributed by atoms with Crippen LogP contribution in [0.2, 0.25) is 0 Å². The zero-order valence-electron chi connectivity index (χ0n) is 18.5. The highest BCUT2D eigenvalue weighted by molar-refractivity contribution is 7.13. The SMILES string of the molecule is O=C1CCCC(N(c2ccccc2)[Si](c2ccccc2)(c2ccccc2)c2ccccc2)O1. The first-order chi connectivity index (χ1) is 16.3. The summed E-state index contributed by atoms with van der Waals surface area (Å²) in [6.07, 6.45) is 1.79. The maximum absolute atomic E-state index is 12.5. The van der Waals surface area contributed by atoms with E-state index in [9.17, 15) is 4.79 Å². The maximum atomic E-state index is 12.5. The van der Waals surface area contributed by atoms with E-state index in [1.165, 1.54) is 15.6 Å². The fraction of sp³-hybridized carbons (Fsp3) is 0.138. The van der Waals surface area contributed by atoms with Gasteiger partial charge in [-0.3, -0.25) is 4.79 Å². The van der Waals surface area contributed by atoms with Gasteiger partial charge in [0.05, 0.1) is 0 Å². The van der Waals surface area contributed by atoms with E-state index in [4.69, 9.17) is 4.74 Å². The van der Waals surface area contributed by atoms with Crippen LogP contribution in [0, 0.1) is 0 Å². The van der Waals surface area contributed by atoms with E-state index in [0.717, 1.165) is 18.5 Å². The van der Waals surface area contributed by atoms with E-state index in [2.05, 4.69) is 120 Å². The molecule has 0 bridgehead atoms. The third-order valence-corrected chi connectivity index (χ3v) is 11.1. The van der Waals surface area contributed by atoms with Gasteiger partial charge in [-0.2, -0.15) is 0 Å². The Bertz CT molecular complexity index is 1090. The Balaban J connectivity index is 1.87. The smallest absolute Gasteiger partial charge is 0.307 e. The molecule has 4 aromatic carbocycles. The molecule has 4 heteroatoms. The Morgan fingerprint density at radius 2 is 1.06 bits per heavy atom. The highest BCUT2D eigenvalue weighted by Gasteiger charge is 2.50. The van der Waals surface area contributed by atoms with E-state index in [0.29, 0.717) is 6.42 Å². The molecular weight excluding hydrogens is 422 g/mol. The van der Waals surface area contributed by atoms with Crippen LogP contribution in [0.1, 0.15) is 19.3 Å². The molecule has 5 rings (SSSR count). The molecule has 1 atom stereocenters. The van der Waals surface area contributed by atoms with Crippen molar-refractivity contribution in [2.75, 3.05) is 4.57 Å². The topological polar surface area (TPSA) is 29.5 Å². The average Bonchev–Trinajstić information content (AvgIpc) is 2.89. The summed E-state index contributed by atoms with van der Waals surface area (Å²) in [5.41, 5.74) is 1.07. The molecule has 0 aromatic heterocycles. The number of esters is 1. The van der Waals surface area contributed by atoms with Crippen LogP contribution in [-0.2, 0) is 9.53 Å². The van der Waals surface area contributed by atoms with Gasteiger partial charge in [-0.15, -0.1) is 0 Å². The maximum Gasteiger partial charge on any atom is 0.307 e. The van der Waals surface area contributed by atoms with Crippen molar-refractivity contribution in [1.29, 1.82) is 0 Å². The van der Waals surface area contributed by atoms with Crippen molar-refractivity contribution in [1.82, 2.24) is 0 Å². The first-order valence-electron chi connectivity index (χ1n) is 11.5. The van der Waals surface area contributed by atoms with Gasteiger partial charge in [0.15, 0.2) is 6.23 Å². The molecule has 0 spiro atoms. The number of para-hydroxylation sites is 1. The number of carbonyl (C=O) groups excluding carboxylic acids is 1. The number of nitrogens with zero attached hydrogens (tertiary/aromatic N) is 1. The van der Waals surface area contributed by atoms with E-state index < -0.39 is 8.24 Å². The highest BCUT2D eigenvalue weighted by Crippen LogP contribution is 2.30. The molecule has 3 nitrogen and oxygen atoms in total. The van der Waals surface area contributed by atoms with Crippen molar-refractivity contribution in [2.45, 2.75) is 25.5 Å². The minimum absolute atomic E-state index is 0.121. The van der Waals surface area contributed by atoms with Crippen molar-refractivity contribution >= 4 is 35.5 Å². The molecule has 0 aliphatic carbocycles. The minimum atomic E-state index is -2.85. The number of anilines is 1. The first kappa shape index (κ1) is 21.2. The number of rotatable bonds is 6. The summed E-state index contributed by atoms with van der Waals surface area (Å²) in [6, 6.07) is 42.7. The molecule has 1 heterocycles. The molecule has 33 heavy (non-hydrogen) atoms. The summed E-state index contributed by atoms with van der Waals surface area (Å²) in [6.45, 7) is 0. The number of benzene rings is 4. The molecule has 164 valence electrons. The van der Waals surface area contributed by atoms with Crippen molar-refractivity contribution in [2.24, 2.45) is 0 Å². The molecule has 1 aliphatic heterocycles. The normalized spacial score (nSPS) is 16.1. The quantitative estimate of drug-likeness (QED) is 0.251. The van der Waals surface area contributed by atoms with E-state index in [-0.39, 0.29) is 12.2 Å². The van der Waals surface area contributed by atoms with Crippen molar-refractivity contribution < 1.29 is 9.53 Å². The third-order valence-electron chi connectivity index (χ3n) is 6.36. The van der Waals surface area contributed by atoms with Gasteiger partial charge in [0.25, 0.3) is 8.24 Å². The predicted molar refractivity (Wildman–Crippen MR) is 137 cm³/mol. The zero-order valence-corrected chi connectivity index (χ0v) is 19.5. The standard InChI is InChI=1S/C29H27NO2Si/c31-29-23-13-22-28(32-29)30(24-14-5-1-6-15-24)33(25-16-7-2-8-17-25,26-18-9-3-10-19-26)27-20-11-4-12-21-27/h1-12,14-21,28H,13,22-23H2. The van der Waals surface area contributed by atoms with Crippen LogP contribution in [0.3, 0.4) is 0 Å². The van der Waals surface area contributed by atoms with Gasteiger partial charge in [0.2, 0.25) is 0 Å². The number of hydrogen-bond donors (Lipinski definition) is 0. The number of ether oxygens (including phenoxy) is 1. The molecule has 1 saturated heterocycles. The van der Waals surface area contributed by atoms with Crippen molar-refractivity contribution in [3.05, 3.63) is 121 Å². The summed E-state index contributed by atoms with van der Waals surface area (Å²) in [4.78, 5) is 12.5. The highest BCUT2D eigenvalue weighted by atomic mass is 28.3. The molecule has 0 saturated carbocycles. The molecule has 0 radical (unpaired) electrons. The lowest BCUT2D eigenvalue weighted by atomic mass is 10.1. The van der Waals surface area contributed by atoms with Crippen LogP contribution in [0.5, 0.6) is 0 Å².